The van der Waals surface area contributed by atoms with Crippen LogP contribution in [-0.2, 0) is 0 Å². The number of nitrogens with zero attached hydrogens (tertiary/aromatic N) is 1. The molecule has 1 aliphatic heterocycles. The number of hydrogen-bond acceptors (Lipinski definition) is 1. The Bertz CT molecular complexity index is 188. The molecule has 0 N–H and O–H groups in total. The third-order valence-corrected chi connectivity index (χ3v) is 4.61. The molecular weight excluding hydrogens is 165 g/mol. The summed E-state index contributed by atoms with van der Waals surface area (Å²) in [6.45, 7) is 2.94. The summed E-state index contributed by atoms with van der Waals surface area (Å²) in [7, 11) is 0. The van der Waals surface area contributed by atoms with Crippen molar-refractivity contribution < 1.29 is 4.39 Å². The van der Waals surface area contributed by atoms with Crippen LogP contribution in [0.3, 0.4) is 0 Å². The molecular formula is C11H18FN. The van der Waals surface area contributed by atoms with E-state index in [0.717, 1.165) is 23.7 Å². The highest BCUT2D eigenvalue weighted by Crippen LogP contribution is 2.54. The lowest BCUT2D eigenvalue weighted by atomic mass is 9.82. The highest BCUT2D eigenvalue weighted by molar-refractivity contribution is 5.01. The zero-order valence-corrected chi connectivity index (χ0v) is 8.08. The predicted octanol–water partition coefficient (Wildman–Crippen LogP) is 1.93. The van der Waals surface area contributed by atoms with Crippen LogP contribution in [-0.4, -0.2) is 31.2 Å². The molecule has 0 aromatic rings. The molecule has 13 heavy (non-hydrogen) atoms. The molecule has 74 valence electrons. The van der Waals surface area contributed by atoms with E-state index in [9.17, 15) is 4.39 Å². The van der Waals surface area contributed by atoms with Crippen LogP contribution in [0.1, 0.15) is 19.3 Å². The van der Waals surface area contributed by atoms with E-state index in [4.69, 9.17) is 0 Å². The van der Waals surface area contributed by atoms with Crippen molar-refractivity contribution in [1.29, 1.82) is 0 Å². The number of rotatable bonds is 2. The fraction of sp³-hybridized carbons (Fsp3) is 1.00. The standard InChI is InChI=1S/C11H18FN/c12-3-4-13-6-10-8-1-2-9(5-8)11(10)7-13/h8-11H,1-7H2. The Morgan fingerprint density at radius 3 is 2.23 bits per heavy atom. The monoisotopic (exact) mass is 183 g/mol. The Kier molecular flexibility index (Phi) is 1.86. The third-order valence-electron chi connectivity index (χ3n) is 4.61. The van der Waals surface area contributed by atoms with Crippen LogP contribution in [0, 0.1) is 23.7 Å². The molecule has 0 spiro atoms. The van der Waals surface area contributed by atoms with Gasteiger partial charge in [-0.15, -0.1) is 0 Å². The lowest BCUT2D eigenvalue weighted by Gasteiger charge is -2.22. The van der Waals surface area contributed by atoms with Gasteiger partial charge in [0.1, 0.15) is 6.67 Å². The zero-order chi connectivity index (χ0) is 8.84. The lowest BCUT2D eigenvalue weighted by molar-refractivity contribution is 0.267. The Hall–Kier alpha value is -0.110. The first-order valence-electron chi connectivity index (χ1n) is 5.67. The average molecular weight is 183 g/mol. The molecule has 3 fully saturated rings. The van der Waals surface area contributed by atoms with Gasteiger partial charge in [-0.05, 0) is 42.9 Å². The molecule has 0 aromatic heterocycles. The minimum Gasteiger partial charge on any atom is -0.300 e. The van der Waals surface area contributed by atoms with Gasteiger partial charge in [0.2, 0.25) is 0 Å². The maximum absolute atomic E-state index is 12.2. The number of alkyl halides is 1. The highest BCUT2D eigenvalue weighted by Gasteiger charge is 2.51. The van der Waals surface area contributed by atoms with E-state index in [1.165, 1.54) is 32.4 Å². The maximum atomic E-state index is 12.2. The summed E-state index contributed by atoms with van der Waals surface area (Å²) in [4.78, 5) is 2.35. The van der Waals surface area contributed by atoms with Crippen LogP contribution in [0.5, 0.6) is 0 Å². The summed E-state index contributed by atoms with van der Waals surface area (Å²) in [5.74, 6) is 3.93. The van der Waals surface area contributed by atoms with E-state index < -0.39 is 0 Å². The van der Waals surface area contributed by atoms with Crippen molar-refractivity contribution in [3.63, 3.8) is 0 Å². The molecule has 1 saturated heterocycles. The molecule has 2 bridgehead atoms. The summed E-state index contributed by atoms with van der Waals surface area (Å²) >= 11 is 0. The van der Waals surface area contributed by atoms with Gasteiger partial charge in [0.25, 0.3) is 0 Å². The largest absolute Gasteiger partial charge is 0.300 e. The number of fused-ring (bicyclic) bond motifs is 5. The molecule has 2 aliphatic carbocycles. The molecule has 0 aromatic carbocycles. The van der Waals surface area contributed by atoms with Crippen molar-refractivity contribution in [3.8, 4) is 0 Å². The van der Waals surface area contributed by atoms with Gasteiger partial charge in [-0.25, -0.2) is 4.39 Å². The van der Waals surface area contributed by atoms with E-state index in [0.29, 0.717) is 6.54 Å². The molecule has 0 amide bonds. The number of likely N-dealkylation sites (tertiary alicyclic amines) is 1. The molecule has 1 nitrogen and oxygen atoms in total. The van der Waals surface area contributed by atoms with E-state index in [1.807, 2.05) is 0 Å². The Morgan fingerprint density at radius 2 is 1.69 bits per heavy atom. The average Bonchev–Trinajstić information content (AvgIpc) is 2.72. The van der Waals surface area contributed by atoms with Crippen molar-refractivity contribution in [3.05, 3.63) is 0 Å². The van der Waals surface area contributed by atoms with Gasteiger partial charge in [0, 0.05) is 19.6 Å². The summed E-state index contributed by atoms with van der Waals surface area (Å²) in [6.07, 6.45) is 4.43. The molecule has 0 radical (unpaired) electrons. The smallest absolute Gasteiger partial charge is 0.102 e. The van der Waals surface area contributed by atoms with Crippen LogP contribution < -0.4 is 0 Å². The molecule has 2 heteroatoms. The fourth-order valence-corrected chi connectivity index (χ4v) is 4.07. The first-order chi connectivity index (χ1) is 6.38. The van der Waals surface area contributed by atoms with Crippen LogP contribution >= 0.6 is 0 Å². The first kappa shape index (κ1) is 8.22. The fourth-order valence-electron chi connectivity index (χ4n) is 4.07. The molecule has 3 aliphatic rings. The van der Waals surface area contributed by atoms with Gasteiger partial charge >= 0.3 is 0 Å². The van der Waals surface area contributed by atoms with Gasteiger partial charge in [-0.3, -0.25) is 0 Å². The minimum atomic E-state index is -0.158. The van der Waals surface area contributed by atoms with E-state index in [1.54, 1.807) is 0 Å². The van der Waals surface area contributed by atoms with E-state index in [2.05, 4.69) is 4.90 Å². The number of halogens is 1. The van der Waals surface area contributed by atoms with Gasteiger partial charge in [0.15, 0.2) is 0 Å². The zero-order valence-electron chi connectivity index (χ0n) is 8.08. The van der Waals surface area contributed by atoms with Gasteiger partial charge in [-0.1, -0.05) is 0 Å². The quantitative estimate of drug-likeness (QED) is 0.632. The summed E-state index contributed by atoms with van der Waals surface area (Å²) < 4.78 is 12.2. The van der Waals surface area contributed by atoms with Gasteiger partial charge in [0.05, 0.1) is 0 Å². The number of hydrogen-bond donors (Lipinski definition) is 0. The second kappa shape index (κ2) is 2.94. The second-order valence-corrected chi connectivity index (χ2v) is 5.11. The highest BCUT2D eigenvalue weighted by atomic mass is 19.1. The van der Waals surface area contributed by atoms with Crippen molar-refractivity contribution in [1.82, 2.24) is 4.90 Å². The van der Waals surface area contributed by atoms with Gasteiger partial charge < -0.3 is 4.90 Å². The van der Waals surface area contributed by atoms with Crippen LogP contribution in [0.4, 0.5) is 4.39 Å². The van der Waals surface area contributed by atoms with Crippen molar-refractivity contribution in [2.75, 3.05) is 26.3 Å². The Labute approximate surface area is 79.3 Å². The second-order valence-electron chi connectivity index (χ2n) is 5.11. The predicted molar refractivity (Wildman–Crippen MR) is 50.2 cm³/mol. The first-order valence-corrected chi connectivity index (χ1v) is 5.67. The topological polar surface area (TPSA) is 3.24 Å². The van der Waals surface area contributed by atoms with Crippen molar-refractivity contribution in [2.24, 2.45) is 23.7 Å². The summed E-state index contributed by atoms with van der Waals surface area (Å²) in [5.41, 5.74) is 0. The van der Waals surface area contributed by atoms with E-state index in [-0.39, 0.29) is 6.67 Å². The molecule has 3 rings (SSSR count). The van der Waals surface area contributed by atoms with Crippen LogP contribution in [0.2, 0.25) is 0 Å². The Balaban J connectivity index is 1.69. The third kappa shape index (κ3) is 1.14. The van der Waals surface area contributed by atoms with Crippen LogP contribution in [0.25, 0.3) is 0 Å². The van der Waals surface area contributed by atoms with E-state index >= 15 is 0 Å². The normalized spacial score (nSPS) is 48.7. The van der Waals surface area contributed by atoms with Crippen LogP contribution in [0.15, 0.2) is 0 Å². The molecule has 1 heterocycles. The Morgan fingerprint density at radius 1 is 1.08 bits per heavy atom. The summed E-state index contributed by atoms with van der Waals surface area (Å²) in [5, 5.41) is 0. The van der Waals surface area contributed by atoms with Crippen molar-refractivity contribution >= 4 is 0 Å². The molecule has 2 saturated carbocycles. The van der Waals surface area contributed by atoms with Crippen molar-refractivity contribution in [2.45, 2.75) is 19.3 Å². The summed E-state index contributed by atoms with van der Waals surface area (Å²) in [6, 6.07) is 0. The lowest BCUT2D eigenvalue weighted by Crippen LogP contribution is -2.25. The molecule has 4 unspecified atom stereocenters. The van der Waals surface area contributed by atoms with Gasteiger partial charge in [-0.2, -0.15) is 0 Å². The molecule has 4 atom stereocenters. The SMILES string of the molecule is FCCN1CC2C3CCC(C3)C2C1. The maximum Gasteiger partial charge on any atom is 0.102 e. The minimum absolute atomic E-state index is 0.158.